The van der Waals surface area contributed by atoms with Crippen LogP contribution < -0.4 is 5.32 Å². The standard InChI is InChI=1S/C24H24N8O2/c1-33-10-9-26-24-28-21(18-6-3-5-17(11-18)13-25)12-22(29-24)23-15-32(31-30-23)14-19-7-4-8-20(27-19)16-34-2/h3-8,11-12,15H,9-10,14,16H2,1-2H3,(H,26,28,29). The van der Waals surface area contributed by atoms with Gasteiger partial charge in [-0.3, -0.25) is 4.98 Å². The van der Waals surface area contributed by atoms with Crippen molar-refractivity contribution in [3.63, 3.8) is 0 Å². The maximum absolute atomic E-state index is 9.27. The van der Waals surface area contributed by atoms with Crippen molar-refractivity contribution in [3.05, 3.63) is 71.7 Å². The van der Waals surface area contributed by atoms with E-state index in [0.29, 0.717) is 54.9 Å². The molecule has 172 valence electrons. The number of anilines is 1. The molecule has 4 aromatic rings. The molecule has 4 rings (SSSR count). The smallest absolute Gasteiger partial charge is 0.223 e. The largest absolute Gasteiger partial charge is 0.383 e. The van der Waals surface area contributed by atoms with Gasteiger partial charge in [-0.25, -0.2) is 14.6 Å². The van der Waals surface area contributed by atoms with Crippen LogP contribution in [0.1, 0.15) is 17.0 Å². The molecule has 0 unspecified atom stereocenters. The van der Waals surface area contributed by atoms with Gasteiger partial charge in [0.25, 0.3) is 0 Å². The van der Waals surface area contributed by atoms with E-state index in [9.17, 15) is 5.26 Å². The van der Waals surface area contributed by atoms with E-state index < -0.39 is 0 Å². The number of ether oxygens (including phenoxy) is 2. The Morgan fingerprint density at radius 3 is 2.59 bits per heavy atom. The fraction of sp³-hybridized carbons (Fsp3) is 0.250. The summed E-state index contributed by atoms with van der Waals surface area (Å²) in [4.78, 5) is 13.8. The zero-order valence-corrected chi connectivity index (χ0v) is 19.0. The predicted octanol–water partition coefficient (Wildman–Crippen LogP) is 2.92. The number of methoxy groups -OCH3 is 2. The quantitative estimate of drug-likeness (QED) is 0.359. The summed E-state index contributed by atoms with van der Waals surface area (Å²) >= 11 is 0. The lowest BCUT2D eigenvalue weighted by Crippen LogP contribution is -2.11. The third kappa shape index (κ3) is 5.78. The Labute approximate surface area is 197 Å². The summed E-state index contributed by atoms with van der Waals surface area (Å²) in [5.41, 5.74) is 4.95. The summed E-state index contributed by atoms with van der Waals surface area (Å²) in [5.74, 6) is 0.440. The maximum atomic E-state index is 9.27. The highest BCUT2D eigenvalue weighted by molar-refractivity contribution is 5.68. The average molecular weight is 457 g/mol. The molecule has 0 saturated carbocycles. The fourth-order valence-electron chi connectivity index (χ4n) is 3.32. The second-order valence-electron chi connectivity index (χ2n) is 7.43. The molecule has 0 aliphatic carbocycles. The molecule has 1 N–H and O–H groups in total. The molecule has 0 aliphatic rings. The number of benzene rings is 1. The first-order valence-electron chi connectivity index (χ1n) is 10.6. The van der Waals surface area contributed by atoms with E-state index in [1.165, 1.54) is 0 Å². The van der Waals surface area contributed by atoms with Crippen molar-refractivity contribution in [2.24, 2.45) is 0 Å². The summed E-state index contributed by atoms with van der Waals surface area (Å²) in [7, 11) is 3.28. The summed E-state index contributed by atoms with van der Waals surface area (Å²) in [6.07, 6.45) is 1.82. The van der Waals surface area contributed by atoms with Crippen molar-refractivity contribution >= 4 is 5.95 Å². The van der Waals surface area contributed by atoms with Gasteiger partial charge in [-0.05, 0) is 30.3 Å². The van der Waals surface area contributed by atoms with Crippen LogP contribution >= 0.6 is 0 Å². The number of aromatic nitrogens is 6. The van der Waals surface area contributed by atoms with E-state index in [2.05, 4.69) is 36.7 Å². The molecule has 0 amide bonds. The Balaban J connectivity index is 1.64. The molecule has 3 heterocycles. The Bertz CT molecular complexity index is 1300. The van der Waals surface area contributed by atoms with Gasteiger partial charge in [-0.15, -0.1) is 5.10 Å². The Morgan fingerprint density at radius 1 is 0.941 bits per heavy atom. The van der Waals surface area contributed by atoms with E-state index in [4.69, 9.17) is 9.47 Å². The minimum Gasteiger partial charge on any atom is -0.383 e. The van der Waals surface area contributed by atoms with Crippen molar-refractivity contribution in [2.45, 2.75) is 13.2 Å². The number of hydrogen-bond acceptors (Lipinski definition) is 9. The van der Waals surface area contributed by atoms with E-state index in [1.807, 2.05) is 42.6 Å². The highest BCUT2D eigenvalue weighted by Gasteiger charge is 2.13. The molecule has 10 nitrogen and oxygen atoms in total. The first-order chi connectivity index (χ1) is 16.7. The van der Waals surface area contributed by atoms with Crippen LogP contribution in [0.4, 0.5) is 5.95 Å². The lowest BCUT2D eigenvalue weighted by molar-refractivity contribution is 0.181. The minimum atomic E-state index is 0.440. The van der Waals surface area contributed by atoms with Crippen LogP contribution in [0.25, 0.3) is 22.6 Å². The zero-order valence-electron chi connectivity index (χ0n) is 19.0. The number of hydrogen-bond donors (Lipinski definition) is 1. The zero-order chi connectivity index (χ0) is 23.8. The summed E-state index contributed by atoms with van der Waals surface area (Å²) in [6.45, 7) is 1.98. The van der Waals surface area contributed by atoms with Gasteiger partial charge in [0.2, 0.25) is 5.95 Å². The maximum Gasteiger partial charge on any atom is 0.223 e. The van der Waals surface area contributed by atoms with Gasteiger partial charge in [0.15, 0.2) is 0 Å². The van der Waals surface area contributed by atoms with Crippen molar-refractivity contribution < 1.29 is 9.47 Å². The van der Waals surface area contributed by atoms with Crippen molar-refractivity contribution in [1.82, 2.24) is 29.9 Å². The topological polar surface area (TPSA) is 124 Å². The molecule has 0 radical (unpaired) electrons. The number of nitrogens with zero attached hydrogens (tertiary/aromatic N) is 7. The lowest BCUT2D eigenvalue weighted by atomic mass is 10.1. The van der Waals surface area contributed by atoms with Gasteiger partial charge in [-0.2, -0.15) is 5.26 Å². The number of nitriles is 1. The van der Waals surface area contributed by atoms with Gasteiger partial charge >= 0.3 is 0 Å². The second-order valence-corrected chi connectivity index (χ2v) is 7.43. The van der Waals surface area contributed by atoms with Gasteiger partial charge in [0, 0.05) is 26.3 Å². The molecular formula is C24H24N8O2. The van der Waals surface area contributed by atoms with Crippen LogP contribution in [0.5, 0.6) is 0 Å². The lowest BCUT2D eigenvalue weighted by Gasteiger charge is -2.09. The predicted molar refractivity (Wildman–Crippen MR) is 126 cm³/mol. The number of pyridine rings is 1. The normalized spacial score (nSPS) is 10.7. The fourth-order valence-corrected chi connectivity index (χ4v) is 3.32. The SMILES string of the molecule is COCCNc1nc(-c2cccc(C#N)c2)cc(-c2cn(Cc3cccc(COC)n3)nn2)n1. The Kier molecular flexibility index (Phi) is 7.49. The molecule has 1 aromatic carbocycles. The van der Waals surface area contributed by atoms with Crippen LogP contribution in [0.15, 0.2) is 54.7 Å². The van der Waals surface area contributed by atoms with E-state index in [0.717, 1.165) is 17.0 Å². The van der Waals surface area contributed by atoms with E-state index >= 15 is 0 Å². The first kappa shape index (κ1) is 23.0. The highest BCUT2D eigenvalue weighted by atomic mass is 16.5. The molecule has 0 atom stereocenters. The minimum absolute atomic E-state index is 0.440. The molecule has 0 fully saturated rings. The van der Waals surface area contributed by atoms with Crippen molar-refractivity contribution in [3.8, 4) is 28.7 Å². The van der Waals surface area contributed by atoms with Crippen LogP contribution in [-0.2, 0) is 22.6 Å². The third-order valence-electron chi connectivity index (χ3n) is 4.88. The summed E-state index contributed by atoms with van der Waals surface area (Å²) in [5, 5.41) is 21.0. The highest BCUT2D eigenvalue weighted by Crippen LogP contribution is 2.25. The molecule has 34 heavy (non-hydrogen) atoms. The molecule has 0 bridgehead atoms. The van der Waals surface area contributed by atoms with Crippen LogP contribution in [-0.4, -0.2) is 57.3 Å². The summed E-state index contributed by atoms with van der Waals surface area (Å²) in [6, 6.07) is 17.1. The van der Waals surface area contributed by atoms with E-state index in [1.54, 1.807) is 31.0 Å². The average Bonchev–Trinajstić information content (AvgIpc) is 3.33. The second kappa shape index (κ2) is 11.1. The van der Waals surface area contributed by atoms with E-state index in [-0.39, 0.29) is 0 Å². The van der Waals surface area contributed by atoms with Crippen molar-refractivity contribution in [2.75, 3.05) is 32.7 Å². The molecule has 3 aromatic heterocycles. The van der Waals surface area contributed by atoms with Crippen LogP contribution in [0.2, 0.25) is 0 Å². The van der Waals surface area contributed by atoms with Gasteiger partial charge in [0.1, 0.15) is 5.69 Å². The first-order valence-corrected chi connectivity index (χ1v) is 10.6. The molecule has 0 spiro atoms. The van der Waals surface area contributed by atoms with Crippen molar-refractivity contribution in [1.29, 1.82) is 5.26 Å². The summed E-state index contributed by atoms with van der Waals surface area (Å²) < 4.78 is 12.0. The number of nitrogens with one attached hydrogen (secondary N) is 1. The van der Waals surface area contributed by atoms with Gasteiger partial charge in [0.05, 0.1) is 60.4 Å². The third-order valence-corrected chi connectivity index (χ3v) is 4.88. The van der Waals surface area contributed by atoms with Crippen LogP contribution in [0.3, 0.4) is 0 Å². The molecule has 0 saturated heterocycles. The molecule has 0 aliphatic heterocycles. The van der Waals surface area contributed by atoms with Gasteiger partial charge < -0.3 is 14.8 Å². The number of rotatable bonds is 10. The Hall–Kier alpha value is -4.20. The van der Waals surface area contributed by atoms with Gasteiger partial charge in [-0.1, -0.05) is 23.4 Å². The Morgan fingerprint density at radius 2 is 1.76 bits per heavy atom. The van der Waals surface area contributed by atoms with Crippen LogP contribution in [0, 0.1) is 11.3 Å². The molecule has 10 heteroatoms. The monoisotopic (exact) mass is 456 g/mol. The molecular weight excluding hydrogens is 432 g/mol.